The van der Waals surface area contributed by atoms with Crippen LogP contribution in [0.3, 0.4) is 0 Å². The Kier molecular flexibility index (Phi) is 10.6. The summed E-state index contributed by atoms with van der Waals surface area (Å²) >= 11 is 0. The van der Waals surface area contributed by atoms with Crippen LogP contribution in [-0.2, 0) is 33.4 Å². The Bertz CT molecular complexity index is 1060. The van der Waals surface area contributed by atoms with Crippen LogP contribution in [0.2, 0.25) is 0 Å². The zero-order chi connectivity index (χ0) is 26.7. The standard InChI is InChI=1S/C25H28N2O9/c1-34-18(28)14-17(24(32)35-2)20(25(33)36-3)27-23(31)21(29)19(15-10-6-4-7-11-15)26-22(30)16-12-8-5-9-13-16/h4-13,17,19-21,29H,14H2,1-3H3,(H,26,30)(H,27,31)/t17-,19-,20+,21+/m0/s1. The minimum atomic E-state index is -1.90. The van der Waals surface area contributed by atoms with Gasteiger partial charge in [-0.1, -0.05) is 48.5 Å². The molecule has 4 atom stereocenters. The molecule has 11 heteroatoms. The number of rotatable bonds is 11. The third kappa shape index (κ3) is 7.37. The van der Waals surface area contributed by atoms with E-state index >= 15 is 0 Å². The van der Waals surface area contributed by atoms with Crippen molar-refractivity contribution >= 4 is 29.7 Å². The molecule has 0 radical (unpaired) electrons. The molecule has 0 spiro atoms. The topological polar surface area (TPSA) is 157 Å². The first-order chi connectivity index (χ1) is 17.2. The van der Waals surface area contributed by atoms with Gasteiger partial charge in [0.15, 0.2) is 6.10 Å². The normalized spacial score (nSPS) is 13.8. The van der Waals surface area contributed by atoms with Crippen molar-refractivity contribution in [2.45, 2.75) is 24.6 Å². The predicted molar refractivity (Wildman–Crippen MR) is 125 cm³/mol. The fraction of sp³-hybridized carbons (Fsp3) is 0.320. The van der Waals surface area contributed by atoms with Crippen LogP contribution in [0.15, 0.2) is 60.7 Å². The lowest BCUT2D eigenvalue weighted by atomic mass is 9.94. The Morgan fingerprint density at radius 2 is 1.33 bits per heavy atom. The Labute approximate surface area is 207 Å². The van der Waals surface area contributed by atoms with Crippen LogP contribution in [0.5, 0.6) is 0 Å². The summed E-state index contributed by atoms with van der Waals surface area (Å²) in [5, 5.41) is 15.8. The quantitative estimate of drug-likeness (QED) is 0.296. The molecule has 0 saturated heterocycles. The van der Waals surface area contributed by atoms with E-state index in [1.54, 1.807) is 60.7 Å². The van der Waals surface area contributed by atoms with Crippen molar-refractivity contribution in [1.29, 1.82) is 0 Å². The Morgan fingerprint density at radius 3 is 1.86 bits per heavy atom. The number of carbonyl (C=O) groups excluding carboxylic acids is 5. The second-order valence-electron chi connectivity index (χ2n) is 7.59. The molecule has 0 aliphatic rings. The van der Waals surface area contributed by atoms with Crippen molar-refractivity contribution < 1.29 is 43.3 Å². The van der Waals surface area contributed by atoms with Gasteiger partial charge in [-0.3, -0.25) is 19.2 Å². The SMILES string of the molecule is COC(=O)C[C@H](C(=O)OC)[C@@H](NC(=O)[C@H](O)[C@@H](NC(=O)c1ccccc1)c1ccccc1)C(=O)OC. The largest absolute Gasteiger partial charge is 0.469 e. The number of esters is 3. The van der Waals surface area contributed by atoms with Gasteiger partial charge in [0.05, 0.1) is 39.7 Å². The summed E-state index contributed by atoms with van der Waals surface area (Å²) < 4.78 is 13.9. The monoisotopic (exact) mass is 500 g/mol. The first kappa shape index (κ1) is 28.0. The van der Waals surface area contributed by atoms with Crippen LogP contribution in [0.25, 0.3) is 0 Å². The predicted octanol–water partition coefficient (Wildman–Crippen LogP) is 0.529. The molecule has 0 unspecified atom stereocenters. The second kappa shape index (κ2) is 13.6. The fourth-order valence-electron chi connectivity index (χ4n) is 3.41. The molecule has 36 heavy (non-hydrogen) atoms. The number of carbonyl (C=O) groups is 5. The number of aliphatic hydroxyl groups excluding tert-OH is 1. The van der Waals surface area contributed by atoms with Gasteiger partial charge in [0.2, 0.25) is 0 Å². The molecule has 11 nitrogen and oxygen atoms in total. The molecule has 0 aliphatic heterocycles. The van der Waals surface area contributed by atoms with E-state index in [1.807, 2.05) is 0 Å². The number of nitrogens with one attached hydrogen (secondary N) is 2. The molecule has 0 bridgehead atoms. The van der Waals surface area contributed by atoms with Crippen molar-refractivity contribution in [2.24, 2.45) is 5.92 Å². The fourth-order valence-corrected chi connectivity index (χ4v) is 3.41. The molecule has 0 saturated carbocycles. The van der Waals surface area contributed by atoms with Gasteiger partial charge in [-0.25, -0.2) is 4.79 Å². The second-order valence-corrected chi connectivity index (χ2v) is 7.59. The Balaban J connectivity index is 2.35. The van der Waals surface area contributed by atoms with Crippen molar-refractivity contribution in [3.63, 3.8) is 0 Å². The van der Waals surface area contributed by atoms with Crippen LogP contribution in [0.1, 0.15) is 28.4 Å². The van der Waals surface area contributed by atoms with Gasteiger partial charge in [0.25, 0.3) is 11.8 Å². The van der Waals surface area contributed by atoms with E-state index in [1.165, 1.54) is 0 Å². The highest BCUT2D eigenvalue weighted by atomic mass is 16.5. The van der Waals surface area contributed by atoms with E-state index in [0.29, 0.717) is 11.1 Å². The number of aliphatic hydroxyl groups is 1. The van der Waals surface area contributed by atoms with Gasteiger partial charge < -0.3 is 30.0 Å². The summed E-state index contributed by atoms with van der Waals surface area (Å²) in [6.45, 7) is 0. The van der Waals surface area contributed by atoms with Gasteiger partial charge in [0, 0.05) is 5.56 Å². The molecule has 0 fully saturated rings. The smallest absolute Gasteiger partial charge is 0.329 e. The van der Waals surface area contributed by atoms with E-state index in [0.717, 1.165) is 21.3 Å². The molecule has 0 heterocycles. The summed E-state index contributed by atoms with van der Waals surface area (Å²) in [5.74, 6) is -6.04. The molecular formula is C25H28N2O9. The Morgan fingerprint density at radius 1 is 0.778 bits per heavy atom. The summed E-state index contributed by atoms with van der Waals surface area (Å²) in [6, 6.07) is 13.5. The summed E-state index contributed by atoms with van der Waals surface area (Å²) in [7, 11) is 3.16. The lowest BCUT2D eigenvalue weighted by Crippen LogP contribution is -2.54. The lowest BCUT2D eigenvalue weighted by molar-refractivity contribution is -0.160. The molecule has 192 valence electrons. The van der Waals surface area contributed by atoms with E-state index in [-0.39, 0.29) is 0 Å². The molecule has 2 rings (SSSR count). The highest BCUT2D eigenvalue weighted by Crippen LogP contribution is 2.20. The van der Waals surface area contributed by atoms with E-state index in [2.05, 4.69) is 24.8 Å². The number of benzene rings is 2. The van der Waals surface area contributed by atoms with Crippen LogP contribution in [-0.4, -0.2) is 68.3 Å². The highest BCUT2D eigenvalue weighted by molar-refractivity contribution is 5.96. The van der Waals surface area contributed by atoms with Crippen LogP contribution in [0.4, 0.5) is 0 Å². The molecule has 2 aromatic carbocycles. The first-order valence-corrected chi connectivity index (χ1v) is 10.8. The molecule has 2 amide bonds. The lowest BCUT2D eigenvalue weighted by Gasteiger charge is -2.28. The maximum atomic E-state index is 13.1. The number of hydrogen-bond donors (Lipinski definition) is 3. The summed E-state index contributed by atoms with van der Waals surface area (Å²) in [5.41, 5.74) is 0.695. The average Bonchev–Trinajstić information content (AvgIpc) is 2.92. The Hall–Kier alpha value is -4.25. The van der Waals surface area contributed by atoms with Gasteiger partial charge in [-0.2, -0.15) is 0 Å². The minimum Gasteiger partial charge on any atom is -0.469 e. The van der Waals surface area contributed by atoms with Gasteiger partial charge in [-0.05, 0) is 17.7 Å². The number of methoxy groups -OCH3 is 3. The van der Waals surface area contributed by atoms with Crippen LogP contribution >= 0.6 is 0 Å². The molecular weight excluding hydrogens is 472 g/mol. The summed E-state index contributed by atoms with van der Waals surface area (Å²) in [6.07, 6.45) is -2.50. The zero-order valence-electron chi connectivity index (χ0n) is 20.0. The van der Waals surface area contributed by atoms with Gasteiger partial charge in [-0.15, -0.1) is 0 Å². The van der Waals surface area contributed by atoms with Gasteiger partial charge >= 0.3 is 17.9 Å². The molecule has 0 aromatic heterocycles. The maximum Gasteiger partial charge on any atom is 0.329 e. The maximum absolute atomic E-state index is 13.1. The highest BCUT2D eigenvalue weighted by Gasteiger charge is 2.41. The average molecular weight is 501 g/mol. The third-order valence-electron chi connectivity index (χ3n) is 5.34. The molecule has 2 aromatic rings. The number of amides is 2. The minimum absolute atomic E-state index is 0.294. The number of hydrogen-bond acceptors (Lipinski definition) is 9. The zero-order valence-corrected chi connectivity index (χ0v) is 20.0. The van der Waals surface area contributed by atoms with Crippen molar-refractivity contribution in [1.82, 2.24) is 10.6 Å². The number of ether oxygens (including phenoxy) is 3. The van der Waals surface area contributed by atoms with Crippen molar-refractivity contribution in [2.75, 3.05) is 21.3 Å². The van der Waals surface area contributed by atoms with E-state index < -0.39 is 60.2 Å². The molecule has 0 aliphatic carbocycles. The summed E-state index contributed by atoms with van der Waals surface area (Å²) in [4.78, 5) is 62.5. The first-order valence-electron chi connectivity index (χ1n) is 10.8. The van der Waals surface area contributed by atoms with E-state index in [4.69, 9.17) is 0 Å². The van der Waals surface area contributed by atoms with E-state index in [9.17, 15) is 29.1 Å². The van der Waals surface area contributed by atoms with Gasteiger partial charge in [0.1, 0.15) is 6.04 Å². The third-order valence-corrected chi connectivity index (χ3v) is 5.34. The molecule has 3 N–H and O–H groups in total. The van der Waals surface area contributed by atoms with Crippen molar-refractivity contribution in [3.05, 3.63) is 71.8 Å². The van der Waals surface area contributed by atoms with Crippen LogP contribution in [0, 0.1) is 5.92 Å². The van der Waals surface area contributed by atoms with Crippen molar-refractivity contribution in [3.8, 4) is 0 Å². The van der Waals surface area contributed by atoms with Crippen LogP contribution < -0.4 is 10.6 Å².